The van der Waals surface area contributed by atoms with Crippen LogP contribution in [0, 0.1) is 0 Å². The molecule has 0 aliphatic carbocycles. The van der Waals surface area contributed by atoms with Gasteiger partial charge >= 0.3 is 0 Å². The zero-order chi connectivity index (χ0) is 12.7. The summed E-state index contributed by atoms with van der Waals surface area (Å²) in [6.07, 6.45) is 2.26. The summed E-state index contributed by atoms with van der Waals surface area (Å²) in [7, 11) is 0. The lowest BCUT2D eigenvalue weighted by Crippen LogP contribution is -2.31. The maximum atomic E-state index is 9.45. The van der Waals surface area contributed by atoms with Crippen molar-refractivity contribution in [3.63, 3.8) is 0 Å². The van der Waals surface area contributed by atoms with Gasteiger partial charge in [-0.3, -0.25) is 5.32 Å². The van der Waals surface area contributed by atoms with Gasteiger partial charge < -0.3 is 15.3 Å². The number of aliphatic hydroxyl groups is 2. The van der Waals surface area contributed by atoms with E-state index in [9.17, 15) is 10.2 Å². The summed E-state index contributed by atoms with van der Waals surface area (Å²) in [5, 5.41) is 30.2. The highest BCUT2D eigenvalue weighted by molar-refractivity contribution is 5.35. The molecule has 1 aromatic rings. The Labute approximate surface area is 102 Å². The van der Waals surface area contributed by atoms with E-state index in [4.69, 9.17) is 5.11 Å². The number of aliphatic hydroxyl groups excluding tert-OH is 2. The summed E-state index contributed by atoms with van der Waals surface area (Å²) < 4.78 is 0. The van der Waals surface area contributed by atoms with E-state index in [1.165, 1.54) is 5.56 Å². The molecule has 17 heavy (non-hydrogen) atoms. The number of aromatic hydroxyl groups is 1. The Balaban J connectivity index is 2.69. The van der Waals surface area contributed by atoms with Gasteiger partial charge in [-0.25, -0.2) is 0 Å². The Morgan fingerprint density at radius 3 is 2.71 bits per heavy atom. The maximum Gasteiger partial charge on any atom is 0.128 e. The van der Waals surface area contributed by atoms with Crippen molar-refractivity contribution in [3.05, 3.63) is 29.3 Å². The van der Waals surface area contributed by atoms with Crippen molar-refractivity contribution < 1.29 is 15.3 Å². The number of hydrogen-bond donors (Lipinski definition) is 4. The van der Waals surface area contributed by atoms with Gasteiger partial charge in [-0.05, 0) is 36.1 Å². The molecular weight excluding hydrogens is 218 g/mol. The van der Waals surface area contributed by atoms with Gasteiger partial charge in [-0.1, -0.05) is 19.4 Å². The lowest BCUT2D eigenvalue weighted by Gasteiger charge is -2.13. The third-order valence-corrected chi connectivity index (χ3v) is 2.69. The summed E-state index contributed by atoms with van der Waals surface area (Å²) in [6.45, 7) is 2.26. The van der Waals surface area contributed by atoms with Crippen molar-refractivity contribution in [2.24, 2.45) is 0 Å². The fourth-order valence-electron chi connectivity index (χ4n) is 1.68. The van der Waals surface area contributed by atoms with E-state index in [2.05, 4.69) is 12.2 Å². The van der Waals surface area contributed by atoms with Gasteiger partial charge in [0, 0.05) is 6.54 Å². The van der Waals surface area contributed by atoms with Gasteiger partial charge in [-0.2, -0.15) is 0 Å². The smallest absolute Gasteiger partial charge is 0.128 e. The SMILES string of the molecule is CCCCc1ccc(O)cc1CNC(O)CO. The minimum atomic E-state index is -0.920. The first-order valence-electron chi connectivity index (χ1n) is 6.00. The molecule has 96 valence electrons. The number of aryl methyl sites for hydroxylation is 1. The van der Waals surface area contributed by atoms with E-state index in [0.29, 0.717) is 6.54 Å². The quantitative estimate of drug-likeness (QED) is 0.538. The summed E-state index contributed by atoms with van der Waals surface area (Å²) in [5.41, 5.74) is 2.13. The number of phenolic OH excluding ortho intramolecular Hbond substituents is 1. The third kappa shape index (κ3) is 4.73. The van der Waals surface area contributed by atoms with Crippen molar-refractivity contribution in [1.82, 2.24) is 5.32 Å². The standard InChI is InChI=1S/C13H21NO3/c1-2-3-4-10-5-6-12(16)7-11(10)8-14-13(17)9-15/h5-7,13-17H,2-4,8-9H2,1H3. The van der Waals surface area contributed by atoms with E-state index < -0.39 is 6.23 Å². The van der Waals surface area contributed by atoms with Crippen molar-refractivity contribution in [2.45, 2.75) is 39.0 Å². The number of rotatable bonds is 7. The monoisotopic (exact) mass is 239 g/mol. The Morgan fingerprint density at radius 2 is 2.06 bits per heavy atom. The Morgan fingerprint density at radius 1 is 1.29 bits per heavy atom. The topological polar surface area (TPSA) is 72.7 Å². The fraction of sp³-hybridized carbons (Fsp3) is 0.538. The van der Waals surface area contributed by atoms with Crippen LogP contribution in [0.1, 0.15) is 30.9 Å². The highest BCUT2D eigenvalue weighted by Gasteiger charge is 2.06. The zero-order valence-corrected chi connectivity index (χ0v) is 10.2. The van der Waals surface area contributed by atoms with Crippen LogP contribution in [0.3, 0.4) is 0 Å². The van der Waals surface area contributed by atoms with E-state index in [0.717, 1.165) is 24.8 Å². The van der Waals surface area contributed by atoms with Crippen LogP contribution in [0.2, 0.25) is 0 Å². The fourth-order valence-corrected chi connectivity index (χ4v) is 1.68. The molecule has 0 spiro atoms. The molecule has 4 N–H and O–H groups in total. The molecule has 4 heteroatoms. The van der Waals surface area contributed by atoms with Gasteiger partial charge in [0.25, 0.3) is 0 Å². The summed E-state index contributed by atoms with van der Waals surface area (Å²) in [5.74, 6) is 0.223. The molecule has 1 atom stereocenters. The molecular formula is C13H21NO3. The van der Waals surface area contributed by atoms with Gasteiger partial charge in [0.05, 0.1) is 6.61 Å². The Bertz CT molecular complexity index is 341. The van der Waals surface area contributed by atoms with Crippen LogP contribution in [-0.4, -0.2) is 28.2 Å². The van der Waals surface area contributed by atoms with E-state index in [-0.39, 0.29) is 12.4 Å². The molecule has 1 unspecified atom stereocenters. The largest absolute Gasteiger partial charge is 0.508 e. The van der Waals surface area contributed by atoms with E-state index in [1.54, 1.807) is 12.1 Å². The average molecular weight is 239 g/mol. The van der Waals surface area contributed by atoms with Crippen LogP contribution in [0.25, 0.3) is 0 Å². The predicted molar refractivity (Wildman–Crippen MR) is 66.7 cm³/mol. The molecule has 0 aromatic heterocycles. The van der Waals surface area contributed by atoms with Crippen LogP contribution in [0.5, 0.6) is 5.75 Å². The van der Waals surface area contributed by atoms with Crippen LogP contribution in [0.4, 0.5) is 0 Å². The van der Waals surface area contributed by atoms with Crippen LogP contribution in [-0.2, 0) is 13.0 Å². The van der Waals surface area contributed by atoms with Gasteiger partial charge in [0.2, 0.25) is 0 Å². The average Bonchev–Trinajstić information content (AvgIpc) is 2.34. The lowest BCUT2D eigenvalue weighted by molar-refractivity contribution is 0.0665. The normalized spacial score (nSPS) is 12.6. The third-order valence-electron chi connectivity index (χ3n) is 2.69. The molecule has 0 fully saturated rings. The molecule has 0 saturated heterocycles. The van der Waals surface area contributed by atoms with Crippen LogP contribution in [0.15, 0.2) is 18.2 Å². The van der Waals surface area contributed by atoms with E-state index >= 15 is 0 Å². The van der Waals surface area contributed by atoms with Crippen molar-refractivity contribution in [1.29, 1.82) is 0 Å². The number of phenols is 1. The molecule has 0 amide bonds. The zero-order valence-electron chi connectivity index (χ0n) is 10.2. The summed E-state index contributed by atoms with van der Waals surface area (Å²) >= 11 is 0. The lowest BCUT2D eigenvalue weighted by atomic mass is 10.0. The van der Waals surface area contributed by atoms with Crippen LogP contribution >= 0.6 is 0 Å². The molecule has 1 rings (SSSR count). The highest BCUT2D eigenvalue weighted by atomic mass is 16.3. The second-order valence-corrected chi connectivity index (χ2v) is 4.14. The highest BCUT2D eigenvalue weighted by Crippen LogP contribution is 2.18. The first-order valence-corrected chi connectivity index (χ1v) is 6.00. The Kier molecular flexibility index (Phi) is 5.97. The summed E-state index contributed by atoms with van der Waals surface area (Å²) in [4.78, 5) is 0. The van der Waals surface area contributed by atoms with Crippen LogP contribution < -0.4 is 5.32 Å². The number of benzene rings is 1. The molecule has 4 nitrogen and oxygen atoms in total. The molecule has 0 bridgehead atoms. The van der Waals surface area contributed by atoms with Crippen molar-refractivity contribution in [2.75, 3.05) is 6.61 Å². The second kappa shape index (κ2) is 7.27. The van der Waals surface area contributed by atoms with Crippen molar-refractivity contribution in [3.8, 4) is 5.75 Å². The maximum absolute atomic E-state index is 9.45. The molecule has 0 aliphatic heterocycles. The number of hydrogen-bond acceptors (Lipinski definition) is 4. The van der Waals surface area contributed by atoms with Crippen molar-refractivity contribution >= 4 is 0 Å². The van der Waals surface area contributed by atoms with Gasteiger partial charge in [0.15, 0.2) is 0 Å². The molecule has 0 aliphatic rings. The first-order chi connectivity index (χ1) is 8.17. The van der Waals surface area contributed by atoms with E-state index in [1.807, 2.05) is 6.07 Å². The van der Waals surface area contributed by atoms with Gasteiger partial charge in [0.1, 0.15) is 12.0 Å². The number of unbranched alkanes of at least 4 members (excludes halogenated alkanes) is 1. The van der Waals surface area contributed by atoms with Gasteiger partial charge in [-0.15, -0.1) is 0 Å². The number of nitrogens with one attached hydrogen (secondary N) is 1. The molecule has 0 heterocycles. The summed E-state index contributed by atoms with van der Waals surface area (Å²) in [6, 6.07) is 5.28. The molecule has 0 saturated carbocycles. The first kappa shape index (κ1) is 14.0. The minimum absolute atomic E-state index is 0.223. The molecule has 0 radical (unpaired) electrons. The predicted octanol–water partition coefficient (Wildman–Crippen LogP) is 1.14. The second-order valence-electron chi connectivity index (χ2n) is 4.14. The Hall–Kier alpha value is -1.10. The molecule has 1 aromatic carbocycles. The minimum Gasteiger partial charge on any atom is -0.508 e.